The predicted molar refractivity (Wildman–Crippen MR) is 122 cm³/mol. The molecule has 154 valence electrons. The molecule has 0 atom stereocenters. The van der Waals surface area contributed by atoms with Gasteiger partial charge in [-0.25, -0.2) is 9.78 Å². The van der Waals surface area contributed by atoms with Crippen molar-refractivity contribution in [2.24, 2.45) is 5.92 Å². The Labute approximate surface area is 176 Å². The highest BCUT2D eigenvalue weighted by molar-refractivity contribution is 5.86. The van der Waals surface area contributed by atoms with Crippen molar-refractivity contribution in [2.75, 3.05) is 0 Å². The molecular weight excluding hydrogens is 372 g/mol. The van der Waals surface area contributed by atoms with Gasteiger partial charge < -0.3 is 4.57 Å². The third-order valence-electron chi connectivity index (χ3n) is 6.21. The number of aromatic nitrogens is 4. The summed E-state index contributed by atoms with van der Waals surface area (Å²) in [5.74, 6) is 0.752. The van der Waals surface area contributed by atoms with Crippen molar-refractivity contribution < 1.29 is 0 Å². The molecule has 0 N–H and O–H groups in total. The topological polar surface area (TPSA) is 44.8 Å². The van der Waals surface area contributed by atoms with E-state index in [4.69, 9.17) is 4.98 Å². The molecule has 0 unspecified atom stereocenters. The first-order chi connectivity index (χ1) is 14.6. The van der Waals surface area contributed by atoms with E-state index < -0.39 is 0 Å². The monoisotopic (exact) mass is 400 g/mol. The average Bonchev–Trinajstić information content (AvgIpc) is 3.39. The fourth-order valence-electron chi connectivity index (χ4n) is 4.48. The maximum absolute atomic E-state index is 12.8. The first-order valence-corrected chi connectivity index (χ1v) is 11.0. The van der Waals surface area contributed by atoms with Crippen molar-refractivity contribution in [3.8, 4) is 22.5 Å². The molecule has 0 amide bonds. The van der Waals surface area contributed by atoms with Gasteiger partial charge in [0, 0.05) is 30.8 Å². The first kappa shape index (κ1) is 18.9. The second-order valence-electron chi connectivity index (χ2n) is 8.38. The summed E-state index contributed by atoms with van der Waals surface area (Å²) in [4.78, 5) is 17.6. The Morgan fingerprint density at radius 2 is 1.73 bits per heavy atom. The van der Waals surface area contributed by atoms with Gasteiger partial charge in [-0.05, 0) is 57.7 Å². The van der Waals surface area contributed by atoms with Crippen LogP contribution in [0.2, 0.25) is 0 Å². The maximum Gasteiger partial charge on any atom is 0.329 e. The number of aryl methyl sites for hydroxylation is 3. The summed E-state index contributed by atoms with van der Waals surface area (Å²) in [7, 11) is 0. The van der Waals surface area contributed by atoms with Gasteiger partial charge in [0.05, 0.1) is 28.7 Å². The SMILES string of the molecule is CCn1c(=O)n(CC)c2cc(-c3c(-c4cccc(C)c4)ncn3CC3CC3)ccc21. The molecule has 1 aliphatic rings. The highest BCUT2D eigenvalue weighted by atomic mass is 16.1. The number of rotatable bonds is 6. The Bertz CT molecular complexity index is 1290. The molecule has 30 heavy (non-hydrogen) atoms. The van der Waals surface area contributed by atoms with Crippen LogP contribution in [0.1, 0.15) is 32.3 Å². The van der Waals surface area contributed by atoms with Gasteiger partial charge in [0.2, 0.25) is 0 Å². The van der Waals surface area contributed by atoms with Gasteiger partial charge in [0.25, 0.3) is 0 Å². The molecule has 5 heteroatoms. The molecular formula is C25H28N4O. The number of imidazole rings is 2. The van der Waals surface area contributed by atoms with E-state index in [2.05, 4.69) is 54.0 Å². The smallest absolute Gasteiger partial charge is 0.329 e. The molecule has 1 saturated carbocycles. The normalized spacial score (nSPS) is 14.0. The van der Waals surface area contributed by atoms with Crippen molar-refractivity contribution in [1.82, 2.24) is 18.7 Å². The fraction of sp³-hybridized carbons (Fsp3) is 0.360. The molecule has 0 radical (unpaired) electrons. The van der Waals surface area contributed by atoms with Crippen molar-refractivity contribution in [2.45, 2.75) is 53.2 Å². The van der Waals surface area contributed by atoms with Crippen molar-refractivity contribution in [3.05, 3.63) is 64.8 Å². The largest absolute Gasteiger partial charge is 0.330 e. The fourth-order valence-corrected chi connectivity index (χ4v) is 4.48. The zero-order chi connectivity index (χ0) is 20.8. The molecule has 0 spiro atoms. The summed E-state index contributed by atoms with van der Waals surface area (Å²) in [6, 6.07) is 14.9. The van der Waals surface area contributed by atoms with E-state index in [0.29, 0.717) is 13.1 Å². The lowest BCUT2D eigenvalue weighted by Crippen LogP contribution is -2.23. The highest BCUT2D eigenvalue weighted by Gasteiger charge is 2.25. The van der Waals surface area contributed by atoms with E-state index in [1.807, 2.05) is 29.3 Å². The van der Waals surface area contributed by atoms with E-state index in [0.717, 1.165) is 46.0 Å². The van der Waals surface area contributed by atoms with Crippen molar-refractivity contribution in [3.63, 3.8) is 0 Å². The molecule has 0 bridgehead atoms. The lowest BCUT2D eigenvalue weighted by molar-refractivity contribution is 0.631. The number of hydrogen-bond acceptors (Lipinski definition) is 2. The van der Waals surface area contributed by atoms with Crippen LogP contribution in [0.4, 0.5) is 0 Å². The van der Waals surface area contributed by atoms with E-state index in [1.54, 1.807) is 0 Å². The molecule has 1 aliphatic carbocycles. The number of benzene rings is 2. The molecule has 2 aromatic heterocycles. The van der Waals surface area contributed by atoms with Gasteiger partial charge in [0.1, 0.15) is 0 Å². The second-order valence-corrected chi connectivity index (χ2v) is 8.38. The molecule has 1 fully saturated rings. The Morgan fingerprint density at radius 3 is 2.43 bits per heavy atom. The van der Waals surface area contributed by atoms with E-state index in [9.17, 15) is 4.79 Å². The van der Waals surface area contributed by atoms with Crippen LogP contribution >= 0.6 is 0 Å². The van der Waals surface area contributed by atoms with Gasteiger partial charge in [-0.15, -0.1) is 0 Å². The molecule has 5 nitrogen and oxygen atoms in total. The van der Waals surface area contributed by atoms with E-state index >= 15 is 0 Å². The Morgan fingerprint density at radius 1 is 0.967 bits per heavy atom. The summed E-state index contributed by atoms with van der Waals surface area (Å²) in [6.07, 6.45) is 4.58. The zero-order valence-corrected chi connectivity index (χ0v) is 17.9. The minimum Gasteiger partial charge on any atom is -0.330 e. The standard InChI is InChI=1S/C25H28N4O/c1-4-28-21-12-11-20(14-22(21)29(5-2)25(28)30)24-23(19-8-6-7-17(3)13-19)26-16-27(24)15-18-9-10-18/h6-8,11-14,16,18H,4-5,9-10,15H2,1-3H3. The molecule has 5 rings (SSSR count). The van der Waals surface area contributed by atoms with Crippen LogP contribution in [0.5, 0.6) is 0 Å². The summed E-state index contributed by atoms with van der Waals surface area (Å²) in [6.45, 7) is 8.51. The summed E-state index contributed by atoms with van der Waals surface area (Å²) < 4.78 is 6.03. The van der Waals surface area contributed by atoms with Crippen LogP contribution in [0.25, 0.3) is 33.5 Å². The summed E-state index contributed by atoms with van der Waals surface area (Å²) in [5, 5.41) is 0. The van der Waals surface area contributed by atoms with Crippen LogP contribution in [0.15, 0.2) is 53.6 Å². The molecule has 2 aromatic carbocycles. The summed E-state index contributed by atoms with van der Waals surface area (Å²) in [5.41, 5.74) is 7.71. The maximum atomic E-state index is 12.8. The van der Waals surface area contributed by atoms with Crippen LogP contribution in [0, 0.1) is 12.8 Å². The third kappa shape index (κ3) is 3.09. The van der Waals surface area contributed by atoms with Gasteiger partial charge >= 0.3 is 5.69 Å². The second kappa shape index (κ2) is 7.31. The third-order valence-corrected chi connectivity index (χ3v) is 6.21. The number of hydrogen-bond donors (Lipinski definition) is 0. The predicted octanol–water partition coefficient (Wildman–Crippen LogP) is 5.09. The minimum absolute atomic E-state index is 0.0672. The minimum atomic E-state index is 0.0672. The Balaban J connectivity index is 1.73. The average molecular weight is 401 g/mol. The Hall–Kier alpha value is -3.08. The molecule has 2 heterocycles. The van der Waals surface area contributed by atoms with Gasteiger partial charge in [-0.1, -0.05) is 29.8 Å². The molecule has 0 aliphatic heterocycles. The quantitative estimate of drug-likeness (QED) is 0.452. The zero-order valence-electron chi connectivity index (χ0n) is 17.9. The highest BCUT2D eigenvalue weighted by Crippen LogP contribution is 2.37. The molecule has 0 saturated heterocycles. The van der Waals surface area contributed by atoms with Crippen molar-refractivity contribution >= 4 is 11.0 Å². The number of fused-ring (bicyclic) bond motifs is 1. The Kier molecular flexibility index (Phi) is 4.61. The summed E-state index contributed by atoms with van der Waals surface area (Å²) >= 11 is 0. The van der Waals surface area contributed by atoms with Crippen LogP contribution < -0.4 is 5.69 Å². The van der Waals surface area contributed by atoms with Gasteiger partial charge in [-0.2, -0.15) is 0 Å². The van der Waals surface area contributed by atoms with Crippen LogP contribution in [-0.2, 0) is 19.6 Å². The first-order valence-electron chi connectivity index (χ1n) is 11.0. The lowest BCUT2D eigenvalue weighted by atomic mass is 10.0. The van der Waals surface area contributed by atoms with E-state index in [-0.39, 0.29) is 5.69 Å². The van der Waals surface area contributed by atoms with Crippen LogP contribution in [0.3, 0.4) is 0 Å². The van der Waals surface area contributed by atoms with Gasteiger partial charge in [0.15, 0.2) is 0 Å². The van der Waals surface area contributed by atoms with E-state index in [1.165, 1.54) is 18.4 Å². The number of nitrogens with zero attached hydrogens (tertiary/aromatic N) is 4. The van der Waals surface area contributed by atoms with Crippen LogP contribution in [-0.4, -0.2) is 18.7 Å². The van der Waals surface area contributed by atoms with Gasteiger partial charge in [-0.3, -0.25) is 9.13 Å². The van der Waals surface area contributed by atoms with Crippen molar-refractivity contribution in [1.29, 1.82) is 0 Å². The lowest BCUT2D eigenvalue weighted by Gasteiger charge is -2.12. The molecule has 4 aromatic rings.